The van der Waals surface area contributed by atoms with E-state index in [4.69, 9.17) is 5.11 Å². The summed E-state index contributed by atoms with van der Waals surface area (Å²) < 4.78 is 1.01. The number of hydrogen-bond acceptors (Lipinski definition) is 4. The summed E-state index contributed by atoms with van der Waals surface area (Å²) in [6, 6.07) is 5.25. The third kappa shape index (κ3) is 4.41. The molecule has 0 saturated carbocycles. The van der Waals surface area contributed by atoms with Crippen LogP contribution in [0.5, 0.6) is 0 Å². The number of aromatic nitrogens is 1. The number of amides is 2. The van der Waals surface area contributed by atoms with Gasteiger partial charge in [0.2, 0.25) is 0 Å². The maximum absolute atomic E-state index is 12.0. The Morgan fingerprint density at radius 2 is 2.04 bits per heavy atom. The zero-order valence-corrected chi connectivity index (χ0v) is 14.5. The van der Waals surface area contributed by atoms with Gasteiger partial charge in [-0.25, -0.2) is 9.78 Å². The zero-order chi connectivity index (χ0) is 17.2. The number of urea groups is 1. The summed E-state index contributed by atoms with van der Waals surface area (Å²) in [5.41, 5.74) is 1.58. The van der Waals surface area contributed by atoms with Crippen LogP contribution in [-0.4, -0.2) is 40.6 Å². The van der Waals surface area contributed by atoms with Crippen LogP contribution in [0.4, 0.5) is 10.5 Å². The Morgan fingerprint density at radius 1 is 1.35 bits per heavy atom. The predicted molar refractivity (Wildman–Crippen MR) is 92.2 cm³/mol. The van der Waals surface area contributed by atoms with E-state index >= 15 is 0 Å². The maximum atomic E-state index is 12.0. The highest BCUT2D eigenvalue weighted by Crippen LogP contribution is 2.32. The molecular weight excluding hydrogens is 314 g/mol. The van der Waals surface area contributed by atoms with Crippen molar-refractivity contribution in [3.63, 3.8) is 0 Å². The average molecular weight is 335 g/mol. The highest BCUT2D eigenvalue weighted by Gasteiger charge is 2.19. The number of carbonyl (C=O) groups excluding carboxylic acids is 1. The van der Waals surface area contributed by atoms with E-state index in [1.54, 1.807) is 24.5 Å². The zero-order valence-electron chi connectivity index (χ0n) is 13.7. The summed E-state index contributed by atoms with van der Waals surface area (Å²) in [6.07, 6.45) is -0.0766. The molecule has 0 bridgehead atoms. The van der Waals surface area contributed by atoms with E-state index in [1.807, 2.05) is 12.1 Å². The molecule has 23 heavy (non-hydrogen) atoms. The van der Waals surface area contributed by atoms with Crippen molar-refractivity contribution >= 4 is 39.2 Å². The topological polar surface area (TPSA) is 82.5 Å². The largest absolute Gasteiger partial charge is 0.481 e. The van der Waals surface area contributed by atoms with Gasteiger partial charge in [0.25, 0.3) is 0 Å². The molecule has 0 saturated heterocycles. The number of carboxylic acids is 1. The monoisotopic (exact) mass is 335 g/mol. The molecule has 2 rings (SSSR count). The normalized spacial score (nSPS) is 11.5. The molecule has 2 amide bonds. The van der Waals surface area contributed by atoms with Crippen LogP contribution < -0.4 is 5.32 Å². The number of anilines is 1. The highest BCUT2D eigenvalue weighted by molar-refractivity contribution is 7.18. The number of carbonyl (C=O) groups is 2. The van der Waals surface area contributed by atoms with Gasteiger partial charge in [-0.3, -0.25) is 4.79 Å². The van der Waals surface area contributed by atoms with E-state index < -0.39 is 5.97 Å². The van der Waals surface area contributed by atoms with Gasteiger partial charge in [0.1, 0.15) is 0 Å². The molecule has 2 aromatic rings. The fourth-order valence-electron chi connectivity index (χ4n) is 1.91. The molecule has 0 radical (unpaired) electrons. The molecule has 0 fully saturated rings. The van der Waals surface area contributed by atoms with Gasteiger partial charge in [-0.15, -0.1) is 11.3 Å². The minimum Gasteiger partial charge on any atom is -0.481 e. The van der Waals surface area contributed by atoms with E-state index in [1.165, 1.54) is 4.90 Å². The minimum atomic E-state index is -0.926. The molecule has 0 spiro atoms. The number of carboxylic acid groups (broad SMARTS) is 1. The summed E-state index contributed by atoms with van der Waals surface area (Å²) in [7, 11) is 1.57. The van der Waals surface area contributed by atoms with Gasteiger partial charge >= 0.3 is 12.0 Å². The molecule has 0 unspecified atom stereocenters. The first-order valence-electron chi connectivity index (χ1n) is 7.32. The number of fused-ring (bicyclic) bond motifs is 1. The standard InChI is InChI=1S/C16H21N3O3S/c1-16(2,3)14-18-11-6-5-10(9-12(11)23-14)17-15(22)19(4)8-7-13(20)21/h5-6,9H,7-8H2,1-4H3,(H,17,22)(H,20,21). The molecule has 6 nitrogen and oxygen atoms in total. The Bertz CT molecular complexity index is 734. The van der Waals surface area contributed by atoms with Gasteiger partial charge in [0, 0.05) is 24.7 Å². The Hall–Kier alpha value is -2.15. The summed E-state index contributed by atoms with van der Waals surface area (Å²) in [6.45, 7) is 6.51. The van der Waals surface area contributed by atoms with Crippen LogP contribution in [0.25, 0.3) is 10.2 Å². The highest BCUT2D eigenvalue weighted by atomic mass is 32.1. The lowest BCUT2D eigenvalue weighted by atomic mass is 9.98. The molecule has 2 N–H and O–H groups in total. The third-order valence-corrected chi connectivity index (χ3v) is 4.73. The molecule has 0 aliphatic carbocycles. The number of nitrogens with zero attached hydrogens (tertiary/aromatic N) is 2. The summed E-state index contributed by atoms with van der Waals surface area (Å²) in [5, 5.41) is 12.5. The van der Waals surface area contributed by atoms with Gasteiger partial charge in [-0.1, -0.05) is 20.8 Å². The Morgan fingerprint density at radius 3 is 2.65 bits per heavy atom. The predicted octanol–water partition coefficient (Wildman–Crippen LogP) is 3.53. The molecule has 1 aromatic heterocycles. The van der Waals surface area contributed by atoms with Gasteiger partial charge in [0.05, 0.1) is 21.6 Å². The SMILES string of the molecule is CN(CCC(=O)O)C(=O)Nc1ccc2nc(C(C)(C)C)sc2c1. The smallest absolute Gasteiger partial charge is 0.321 e. The van der Waals surface area contributed by atoms with Crippen LogP contribution in [0.2, 0.25) is 0 Å². The van der Waals surface area contributed by atoms with Crippen LogP contribution in [-0.2, 0) is 10.2 Å². The second-order valence-electron chi connectivity index (χ2n) is 6.45. The van der Waals surface area contributed by atoms with Crippen molar-refractivity contribution in [1.29, 1.82) is 0 Å². The summed E-state index contributed by atoms with van der Waals surface area (Å²) >= 11 is 1.61. The molecule has 0 aliphatic heterocycles. The number of hydrogen-bond donors (Lipinski definition) is 2. The number of aliphatic carboxylic acids is 1. The van der Waals surface area contributed by atoms with Crippen molar-refractivity contribution < 1.29 is 14.7 Å². The van der Waals surface area contributed by atoms with Crippen LogP contribution in [0.15, 0.2) is 18.2 Å². The van der Waals surface area contributed by atoms with E-state index in [-0.39, 0.29) is 24.4 Å². The molecule has 0 aliphatic rings. The fourth-order valence-corrected chi connectivity index (χ4v) is 2.97. The van der Waals surface area contributed by atoms with E-state index in [9.17, 15) is 9.59 Å². The quantitative estimate of drug-likeness (QED) is 0.895. The molecular formula is C16H21N3O3S. The van der Waals surface area contributed by atoms with E-state index in [2.05, 4.69) is 31.1 Å². The number of thiazole rings is 1. The number of nitrogens with one attached hydrogen (secondary N) is 1. The second kappa shape index (κ2) is 6.54. The van der Waals surface area contributed by atoms with Crippen LogP contribution in [0.1, 0.15) is 32.2 Å². The minimum absolute atomic E-state index is 0.00977. The third-order valence-electron chi connectivity index (χ3n) is 3.29. The number of benzene rings is 1. The molecule has 7 heteroatoms. The average Bonchev–Trinajstić information content (AvgIpc) is 2.87. The van der Waals surface area contributed by atoms with Gasteiger partial charge < -0.3 is 15.3 Å². The van der Waals surface area contributed by atoms with Gasteiger partial charge in [-0.2, -0.15) is 0 Å². The van der Waals surface area contributed by atoms with Crippen molar-refractivity contribution in [2.24, 2.45) is 0 Å². The summed E-state index contributed by atoms with van der Waals surface area (Å²) in [5.74, 6) is -0.926. The van der Waals surface area contributed by atoms with E-state index in [0.29, 0.717) is 5.69 Å². The van der Waals surface area contributed by atoms with Crippen molar-refractivity contribution in [1.82, 2.24) is 9.88 Å². The second-order valence-corrected chi connectivity index (χ2v) is 7.48. The Labute approximate surface area is 139 Å². The molecule has 0 atom stereocenters. The van der Waals surface area contributed by atoms with Crippen LogP contribution in [0, 0.1) is 0 Å². The van der Waals surface area contributed by atoms with Gasteiger partial charge in [-0.05, 0) is 18.2 Å². The summed E-state index contributed by atoms with van der Waals surface area (Å²) in [4.78, 5) is 28.6. The fraction of sp³-hybridized carbons (Fsp3) is 0.438. The molecule has 1 aromatic carbocycles. The van der Waals surface area contributed by atoms with Crippen molar-refractivity contribution in [2.75, 3.05) is 18.9 Å². The van der Waals surface area contributed by atoms with Gasteiger partial charge in [0.15, 0.2) is 0 Å². The first kappa shape index (κ1) is 17.2. The van der Waals surface area contributed by atoms with Crippen LogP contribution in [0.3, 0.4) is 0 Å². The van der Waals surface area contributed by atoms with Crippen molar-refractivity contribution in [2.45, 2.75) is 32.6 Å². The first-order valence-corrected chi connectivity index (χ1v) is 8.13. The lowest BCUT2D eigenvalue weighted by Crippen LogP contribution is -2.33. The number of rotatable bonds is 4. The Kier molecular flexibility index (Phi) is 4.89. The molecule has 1 heterocycles. The Balaban J connectivity index is 2.11. The lowest BCUT2D eigenvalue weighted by Gasteiger charge is -2.16. The van der Waals surface area contributed by atoms with Crippen molar-refractivity contribution in [3.05, 3.63) is 23.2 Å². The molecule has 124 valence electrons. The van der Waals surface area contributed by atoms with Crippen LogP contribution >= 0.6 is 11.3 Å². The lowest BCUT2D eigenvalue weighted by molar-refractivity contribution is -0.137. The maximum Gasteiger partial charge on any atom is 0.321 e. The van der Waals surface area contributed by atoms with E-state index in [0.717, 1.165) is 15.2 Å². The van der Waals surface area contributed by atoms with Crippen molar-refractivity contribution in [3.8, 4) is 0 Å². The first-order chi connectivity index (χ1) is 10.7.